The Kier molecular flexibility index (Phi) is 10.1. The molecule has 1 amide bonds. The molecule has 5 nitrogen and oxygen atoms in total. The summed E-state index contributed by atoms with van der Waals surface area (Å²) in [5.41, 5.74) is 0.592. The van der Waals surface area contributed by atoms with Crippen LogP contribution in [0, 0.1) is 0 Å². The number of amides is 1. The molecule has 2 rings (SSSR count). The van der Waals surface area contributed by atoms with Crippen LogP contribution in [0.15, 0.2) is 18.2 Å². The van der Waals surface area contributed by atoms with Crippen LogP contribution in [0.1, 0.15) is 103 Å². The van der Waals surface area contributed by atoms with E-state index in [9.17, 15) is 4.79 Å². The number of benzene rings is 1. The number of ether oxygens (including phenoxy) is 1. The third kappa shape index (κ3) is 6.74. The van der Waals surface area contributed by atoms with Crippen molar-refractivity contribution in [3.05, 3.63) is 23.8 Å². The monoisotopic (exact) mass is 445 g/mol. The number of methoxy groups -OCH3 is 1. The molecule has 0 aromatic heterocycles. The van der Waals surface area contributed by atoms with Gasteiger partial charge in [0.15, 0.2) is 0 Å². The lowest BCUT2D eigenvalue weighted by molar-refractivity contribution is 0.00578. The molecule has 180 valence electrons. The van der Waals surface area contributed by atoms with E-state index >= 15 is 0 Å². The summed E-state index contributed by atoms with van der Waals surface area (Å²) in [6, 6.07) is 5.69. The second-order valence-corrected chi connectivity index (χ2v) is 9.96. The SMILES string of the molecule is CCCCCCN(CCCCCC)C(=O)c1cc(B2OC(C)(C)C(C)(C)O2)ccc1OC. The van der Waals surface area contributed by atoms with E-state index in [0.29, 0.717) is 11.3 Å². The van der Waals surface area contributed by atoms with E-state index in [-0.39, 0.29) is 5.91 Å². The zero-order valence-electron chi connectivity index (χ0n) is 21.5. The topological polar surface area (TPSA) is 48.0 Å². The smallest absolute Gasteiger partial charge is 0.494 e. The molecule has 1 fully saturated rings. The molecule has 1 aromatic rings. The summed E-state index contributed by atoms with van der Waals surface area (Å²) in [5.74, 6) is 0.635. The van der Waals surface area contributed by atoms with Gasteiger partial charge in [0.1, 0.15) is 5.75 Å². The lowest BCUT2D eigenvalue weighted by Gasteiger charge is -2.32. The van der Waals surface area contributed by atoms with E-state index < -0.39 is 18.3 Å². The Balaban J connectivity index is 2.23. The fourth-order valence-corrected chi connectivity index (χ4v) is 3.96. The summed E-state index contributed by atoms with van der Waals surface area (Å²) in [6.45, 7) is 14.1. The maximum atomic E-state index is 13.6. The van der Waals surface area contributed by atoms with Crippen molar-refractivity contribution in [3.63, 3.8) is 0 Å². The van der Waals surface area contributed by atoms with E-state index in [1.54, 1.807) is 7.11 Å². The van der Waals surface area contributed by atoms with Crippen molar-refractivity contribution < 1.29 is 18.8 Å². The van der Waals surface area contributed by atoms with Crippen LogP contribution in [-0.2, 0) is 9.31 Å². The van der Waals surface area contributed by atoms with E-state index in [4.69, 9.17) is 14.0 Å². The van der Waals surface area contributed by atoms with Gasteiger partial charge in [0.05, 0.1) is 23.9 Å². The lowest BCUT2D eigenvalue weighted by atomic mass is 9.78. The average molecular weight is 445 g/mol. The molecule has 0 unspecified atom stereocenters. The van der Waals surface area contributed by atoms with E-state index in [0.717, 1.165) is 44.2 Å². The number of hydrogen-bond acceptors (Lipinski definition) is 4. The number of nitrogens with zero attached hydrogens (tertiary/aromatic N) is 1. The fourth-order valence-electron chi connectivity index (χ4n) is 3.96. The zero-order chi connectivity index (χ0) is 23.8. The maximum absolute atomic E-state index is 13.6. The molecule has 1 heterocycles. The van der Waals surface area contributed by atoms with Crippen molar-refractivity contribution in [2.75, 3.05) is 20.2 Å². The standard InChI is InChI=1S/C26H44BNO4/c1-8-10-12-14-18-28(19-15-13-11-9-2)24(29)22-20-21(16-17-23(22)30-7)27-31-25(3,4)26(5,6)32-27/h16-17,20H,8-15,18-19H2,1-7H3. The van der Waals surface area contributed by atoms with Gasteiger partial charge >= 0.3 is 7.12 Å². The Morgan fingerprint density at radius 3 is 1.91 bits per heavy atom. The summed E-state index contributed by atoms with van der Waals surface area (Å²) in [5, 5.41) is 0. The highest BCUT2D eigenvalue weighted by Gasteiger charge is 2.51. The number of hydrogen-bond donors (Lipinski definition) is 0. The molecule has 1 aliphatic rings. The van der Waals surface area contributed by atoms with E-state index in [2.05, 4.69) is 13.8 Å². The Hall–Kier alpha value is -1.53. The van der Waals surface area contributed by atoms with Gasteiger partial charge in [-0.15, -0.1) is 0 Å². The van der Waals surface area contributed by atoms with Crippen LogP contribution < -0.4 is 10.2 Å². The molecule has 1 aliphatic heterocycles. The minimum atomic E-state index is -0.500. The van der Waals surface area contributed by atoms with Crippen LogP contribution in [0.25, 0.3) is 0 Å². The minimum absolute atomic E-state index is 0.0354. The van der Waals surface area contributed by atoms with Crippen LogP contribution in [0.4, 0.5) is 0 Å². The van der Waals surface area contributed by atoms with Gasteiger partial charge < -0.3 is 18.9 Å². The largest absolute Gasteiger partial charge is 0.496 e. The summed E-state index contributed by atoms with van der Waals surface area (Å²) in [7, 11) is 1.12. The zero-order valence-corrected chi connectivity index (χ0v) is 21.5. The first kappa shape index (κ1) is 26.7. The molecular weight excluding hydrogens is 401 g/mol. The van der Waals surface area contributed by atoms with Crippen LogP contribution in [0.2, 0.25) is 0 Å². The van der Waals surface area contributed by atoms with E-state index in [1.165, 1.54) is 25.7 Å². The second-order valence-electron chi connectivity index (χ2n) is 9.96. The predicted molar refractivity (Wildman–Crippen MR) is 133 cm³/mol. The van der Waals surface area contributed by atoms with Crippen LogP contribution >= 0.6 is 0 Å². The minimum Gasteiger partial charge on any atom is -0.496 e. The van der Waals surface area contributed by atoms with Gasteiger partial charge in [-0.1, -0.05) is 58.4 Å². The first-order valence-corrected chi connectivity index (χ1v) is 12.5. The summed E-state index contributed by atoms with van der Waals surface area (Å²) in [4.78, 5) is 15.6. The molecule has 0 saturated carbocycles. The van der Waals surface area contributed by atoms with E-state index in [1.807, 2.05) is 50.8 Å². The first-order chi connectivity index (χ1) is 15.2. The Morgan fingerprint density at radius 2 is 1.44 bits per heavy atom. The molecular formula is C26H44BNO4. The molecule has 1 saturated heterocycles. The third-order valence-corrected chi connectivity index (χ3v) is 6.83. The van der Waals surface area contributed by atoms with Crippen molar-refractivity contribution >= 4 is 18.5 Å². The molecule has 0 aliphatic carbocycles. The van der Waals surface area contributed by atoms with Gasteiger partial charge in [-0.25, -0.2) is 0 Å². The second kappa shape index (κ2) is 12.1. The lowest BCUT2D eigenvalue weighted by Crippen LogP contribution is -2.41. The van der Waals surface area contributed by atoms with Crippen LogP contribution in [-0.4, -0.2) is 49.3 Å². The number of carbonyl (C=O) groups is 1. The van der Waals surface area contributed by atoms with Gasteiger partial charge in [-0.05, 0) is 58.1 Å². The third-order valence-electron chi connectivity index (χ3n) is 6.83. The van der Waals surface area contributed by atoms with Crippen LogP contribution in [0.5, 0.6) is 5.75 Å². The highest BCUT2D eigenvalue weighted by atomic mass is 16.7. The van der Waals surface area contributed by atoms with Gasteiger partial charge in [0.25, 0.3) is 5.91 Å². The van der Waals surface area contributed by atoms with Crippen molar-refractivity contribution in [1.29, 1.82) is 0 Å². The highest BCUT2D eigenvalue weighted by molar-refractivity contribution is 6.62. The molecule has 1 aromatic carbocycles. The van der Waals surface area contributed by atoms with Gasteiger partial charge in [-0.3, -0.25) is 4.79 Å². The summed E-state index contributed by atoms with van der Waals surface area (Å²) in [6.07, 6.45) is 9.17. The molecule has 0 atom stereocenters. The van der Waals surface area contributed by atoms with Crippen molar-refractivity contribution in [2.24, 2.45) is 0 Å². The van der Waals surface area contributed by atoms with Gasteiger partial charge in [0, 0.05) is 13.1 Å². The van der Waals surface area contributed by atoms with Gasteiger partial charge in [-0.2, -0.15) is 0 Å². The average Bonchev–Trinajstić information content (AvgIpc) is 2.98. The fraction of sp³-hybridized carbons (Fsp3) is 0.731. The molecule has 32 heavy (non-hydrogen) atoms. The number of carbonyl (C=O) groups excluding carboxylic acids is 1. The normalized spacial score (nSPS) is 16.9. The molecule has 6 heteroatoms. The molecule has 0 radical (unpaired) electrons. The predicted octanol–water partition coefficient (Wildman–Crippen LogP) is 5.60. The van der Waals surface area contributed by atoms with Gasteiger partial charge in [0.2, 0.25) is 0 Å². The van der Waals surface area contributed by atoms with Crippen LogP contribution in [0.3, 0.4) is 0 Å². The highest BCUT2D eigenvalue weighted by Crippen LogP contribution is 2.36. The first-order valence-electron chi connectivity index (χ1n) is 12.5. The summed E-state index contributed by atoms with van der Waals surface area (Å²) >= 11 is 0. The molecule has 0 N–H and O–H groups in total. The van der Waals surface area contributed by atoms with Crippen molar-refractivity contribution in [1.82, 2.24) is 4.90 Å². The van der Waals surface area contributed by atoms with Crippen molar-refractivity contribution in [2.45, 2.75) is 104 Å². The number of unbranched alkanes of at least 4 members (excludes halogenated alkanes) is 6. The molecule has 0 spiro atoms. The molecule has 0 bridgehead atoms. The summed E-state index contributed by atoms with van der Waals surface area (Å²) < 4.78 is 18.0. The van der Waals surface area contributed by atoms with Crippen molar-refractivity contribution in [3.8, 4) is 5.75 Å². The Morgan fingerprint density at radius 1 is 0.906 bits per heavy atom. The quantitative estimate of drug-likeness (QED) is 0.293. The number of rotatable bonds is 13. The Labute approximate surface area is 196 Å². The Bertz CT molecular complexity index is 707. The maximum Gasteiger partial charge on any atom is 0.494 e.